The van der Waals surface area contributed by atoms with Crippen LogP contribution in [0.3, 0.4) is 0 Å². The second-order valence-corrected chi connectivity index (χ2v) is 6.67. The van der Waals surface area contributed by atoms with Gasteiger partial charge in [0.1, 0.15) is 12.4 Å². The summed E-state index contributed by atoms with van der Waals surface area (Å²) in [7, 11) is 1.54. The quantitative estimate of drug-likeness (QED) is 0.692. The third-order valence-electron chi connectivity index (χ3n) is 3.80. The number of carbonyl (C=O) groups excluding carboxylic acids is 2. The highest BCUT2D eigenvalue weighted by Crippen LogP contribution is 2.32. The molecule has 26 heavy (non-hydrogen) atoms. The molecule has 0 unspecified atom stereocenters. The SMILES string of the molecule is COCCN1C(=O)S/C(=C/c2cccc(OCc3ccccc3)c2)C1=O. The van der Waals surface area contributed by atoms with E-state index < -0.39 is 0 Å². The molecule has 0 saturated carbocycles. The Morgan fingerprint density at radius 2 is 1.88 bits per heavy atom. The molecule has 0 radical (unpaired) electrons. The van der Waals surface area contributed by atoms with E-state index in [9.17, 15) is 9.59 Å². The first kappa shape index (κ1) is 18.2. The van der Waals surface area contributed by atoms with E-state index in [-0.39, 0.29) is 17.7 Å². The highest BCUT2D eigenvalue weighted by atomic mass is 32.2. The normalized spacial score (nSPS) is 15.7. The van der Waals surface area contributed by atoms with E-state index in [1.165, 1.54) is 12.0 Å². The molecule has 1 aliphatic heterocycles. The molecule has 1 saturated heterocycles. The van der Waals surface area contributed by atoms with Gasteiger partial charge in [-0.3, -0.25) is 14.5 Å². The zero-order valence-electron chi connectivity index (χ0n) is 14.4. The average Bonchev–Trinajstić information content (AvgIpc) is 2.92. The van der Waals surface area contributed by atoms with Gasteiger partial charge in [-0.15, -0.1) is 0 Å². The smallest absolute Gasteiger partial charge is 0.293 e. The molecule has 1 heterocycles. The van der Waals surface area contributed by atoms with Crippen molar-refractivity contribution >= 4 is 29.0 Å². The van der Waals surface area contributed by atoms with Crippen molar-refractivity contribution in [3.05, 3.63) is 70.6 Å². The molecule has 1 aliphatic rings. The zero-order chi connectivity index (χ0) is 18.4. The molecule has 3 rings (SSSR count). The number of rotatable bonds is 7. The van der Waals surface area contributed by atoms with Gasteiger partial charge in [0.2, 0.25) is 0 Å². The standard InChI is InChI=1S/C20H19NO4S/c1-24-11-10-21-19(22)18(26-20(21)23)13-16-8-5-9-17(12-16)25-14-15-6-3-2-4-7-15/h2-9,12-13H,10-11,14H2,1H3/b18-13+. The number of amides is 2. The van der Waals surface area contributed by atoms with E-state index in [0.717, 1.165) is 22.9 Å². The summed E-state index contributed by atoms with van der Waals surface area (Å²) in [5.41, 5.74) is 1.89. The lowest BCUT2D eigenvalue weighted by atomic mass is 10.2. The lowest BCUT2D eigenvalue weighted by molar-refractivity contribution is -0.123. The van der Waals surface area contributed by atoms with E-state index in [0.29, 0.717) is 23.9 Å². The van der Waals surface area contributed by atoms with E-state index in [1.807, 2.05) is 54.6 Å². The summed E-state index contributed by atoms with van der Waals surface area (Å²) in [5.74, 6) is 0.425. The van der Waals surface area contributed by atoms with Crippen LogP contribution in [0.1, 0.15) is 11.1 Å². The molecule has 6 heteroatoms. The molecule has 1 fully saturated rings. The van der Waals surface area contributed by atoms with Gasteiger partial charge in [-0.25, -0.2) is 0 Å². The summed E-state index contributed by atoms with van der Waals surface area (Å²) in [4.78, 5) is 25.9. The van der Waals surface area contributed by atoms with E-state index >= 15 is 0 Å². The van der Waals surface area contributed by atoms with Crippen molar-refractivity contribution in [3.63, 3.8) is 0 Å². The predicted octanol–water partition coefficient (Wildman–Crippen LogP) is 3.95. The second-order valence-electron chi connectivity index (χ2n) is 5.67. The van der Waals surface area contributed by atoms with Crippen LogP contribution in [0.4, 0.5) is 4.79 Å². The third-order valence-corrected chi connectivity index (χ3v) is 4.70. The first-order valence-electron chi connectivity index (χ1n) is 8.18. The summed E-state index contributed by atoms with van der Waals surface area (Å²) in [6.45, 7) is 1.06. The molecule has 2 aromatic carbocycles. The van der Waals surface area contributed by atoms with Gasteiger partial charge in [0, 0.05) is 7.11 Å². The number of carbonyl (C=O) groups is 2. The summed E-state index contributed by atoms with van der Waals surface area (Å²) in [6, 6.07) is 17.4. The fraction of sp³-hybridized carbons (Fsp3) is 0.200. The topological polar surface area (TPSA) is 55.8 Å². The molecule has 0 N–H and O–H groups in total. The van der Waals surface area contributed by atoms with Crippen molar-refractivity contribution in [2.24, 2.45) is 0 Å². The Morgan fingerprint density at radius 1 is 1.08 bits per heavy atom. The summed E-state index contributed by atoms with van der Waals surface area (Å²) >= 11 is 0.945. The largest absolute Gasteiger partial charge is 0.489 e. The summed E-state index contributed by atoms with van der Waals surface area (Å²) < 4.78 is 10.7. The number of imide groups is 1. The molecule has 0 bridgehead atoms. The van der Waals surface area contributed by atoms with E-state index in [4.69, 9.17) is 9.47 Å². The van der Waals surface area contributed by atoms with Crippen LogP contribution in [0.5, 0.6) is 5.75 Å². The van der Waals surface area contributed by atoms with Crippen LogP contribution in [0.25, 0.3) is 6.08 Å². The molecule has 0 spiro atoms. The first-order valence-corrected chi connectivity index (χ1v) is 9.00. The fourth-order valence-corrected chi connectivity index (χ4v) is 3.33. The minimum atomic E-state index is -0.285. The Kier molecular flexibility index (Phi) is 6.09. The number of ether oxygens (including phenoxy) is 2. The molecular formula is C20H19NO4S. The van der Waals surface area contributed by atoms with Crippen LogP contribution in [-0.4, -0.2) is 36.3 Å². The molecule has 0 atom stereocenters. The molecule has 0 aliphatic carbocycles. The van der Waals surface area contributed by atoms with Crippen molar-refractivity contribution in [1.29, 1.82) is 0 Å². The Labute approximate surface area is 156 Å². The molecule has 5 nitrogen and oxygen atoms in total. The Bertz CT molecular complexity index is 820. The maximum absolute atomic E-state index is 12.4. The van der Waals surface area contributed by atoms with E-state index in [1.54, 1.807) is 6.08 Å². The monoisotopic (exact) mass is 369 g/mol. The van der Waals surface area contributed by atoms with Crippen molar-refractivity contribution < 1.29 is 19.1 Å². The zero-order valence-corrected chi connectivity index (χ0v) is 15.2. The van der Waals surface area contributed by atoms with Crippen LogP contribution in [-0.2, 0) is 16.1 Å². The summed E-state index contributed by atoms with van der Waals surface area (Å²) in [6.07, 6.45) is 1.72. The predicted molar refractivity (Wildman–Crippen MR) is 102 cm³/mol. The molecule has 134 valence electrons. The maximum Gasteiger partial charge on any atom is 0.293 e. The minimum absolute atomic E-state index is 0.263. The Balaban J connectivity index is 1.69. The number of thioether (sulfide) groups is 1. The third kappa shape index (κ3) is 4.53. The van der Waals surface area contributed by atoms with Gasteiger partial charge >= 0.3 is 0 Å². The van der Waals surface area contributed by atoms with Gasteiger partial charge in [0.05, 0.1) is 18.1 Å². The lowest BCUT2D eigenvalue weighted by Gasteiger charge is -2.10. The first-order chi connectivity index (χ1) is 12.7. The highest BCUT2D eigenvalue weighted by molar-refractivity contribution is 8.18. The number of benzene rings is 2. The lowest BCUT2D eigenvalue weighted by Crippen LogP contribution is -2.31. The van der Waals surface area contributed by atoms with Gasteiger partial charge in [-0.2, -0.15) is 0 Å². The minimum Gasteiger partial charge on any atom is -0.489 e. The number of hydrogen-bond acceptors (Lipinski definition) is 5. The number of nitrogens with zero attached hydrogens (tertiary/aromatic N) is 1. The fourth-order valence-electron chi connectivity index (χ4n) is 2.46. The van der Waals surface area contributed by atoms with Crippen LogP contribution >= 0.6 is 11.8 Å². The van der Waals surface area contributed by atoms with Crippen LogP contribution in [0.15, 0.2) is 59.5 Å². The van der Waals surface area contributed by atoms with Gasteiger partial charge < -0.3 is 9.47 Å². The average molecular weight is 369 g/mol. The summed E-state index contributed by atoms with van der Waals surface area (Å²) in [5, 5.41) is -0.269. The number of methoxy groups -OCH3 is 1. The Morgan fingerprint density at radius 3 is 2.65 bits per heavy atom. The van der Waals surface area contributed by atoms with Crippen molar-refractivity contribution in [2.45, 2.75) is 6.61 Å². The van der Waals surface area contributed by atoms with Gasteiger partial charge in [-0.1, -0.05) is 42.5 Å². The second kappa shape index (κ2) is 8.69. The molecule has 2 amide bonds. The van der Waals surface area contributed by atoms with Crippen LogP contribution < -0.4 is 4.74 Å². The van der Waals surface area contributed by atoms with Gasteiger partial charge in [-0.05, 0) is 41.1 Å². The number of hydrogen-bond donors (Lipinski definition) is 0. The molecule has 0 aromatic heterocycles. The van der Waals surface area contributed by atoms with Crippen LogP contribution in [0, 0.1) is 0 Å². The van der Waals surface area contributed by atoms with Crippen molar-refractivity contribution in [3.8, 4) is 5.75 Å². The van der Waals surface area contributed by atoms with Gasteiger partial charge in [0.15, 0.2) is 0 Å². The van der Waals surface area contributed by atoms with Crippen LogP contribution in [0.2, 0.25) is 0 Å². The Hall–Kier alpha value is -2.57. The molecular weight excluding hydrogens is 350 g/mol. The van der Waals surface area contributed by atoms with Gasteiger partial charge in [0.25, 0.3) is 11.1 Å². The van der Waals surface area contributed by atoms with Crippen molar-refractivity contribution in [1.82, 2.24) is 4.90 Å². The molecule has 2 aromatic rings. The van der Waals surface area contributed by atoms with E-state index in [2.05, 4.69) is 0 Å². The maximum atomic E-state index is 12.4. The van der Waals surface area contributed by atoms with Crippen molar-refractivity contribution in [2.75, 3.05) is 20.3 Å². The highest BCUT2D eigenvalue weighted by Gasteiger charge is 2.34.